The van der Waals surface area contributed by atoms with Gasteiger partial charge in [-0.1, -0.05) is 5.21 Å². The monoisotopic (exact) mass is 278 g/mol. The Morgan fingerprint density at radius 2 is 2.26 bits per heavy atom. The van der Waals surface area contributed by atoms with Crippen LogP contribution >= 0.6 is 0 Å². The number of aromatic nitrogens is 3. The molecular formula is C11H17F3N4O. The second-order valence-electron chi connectivity index (χ2n) is 4.67. The molecule has 0 aromatic carbocycles. The maximum atomic E-state index is 12.9. The molecular weight excluding hydrogens is 261 g/mol. The largest absolute Gasteiger partial charge is 0.410 e. The van der Waals surface area contributed by atoms with E-state index in [9.17, 15) is 13.2 Å². The number of alkyl halides is 3. The molecule has 2 rings (SSSR count). The van der Waals surface area contributed by atoms with Crippen molar-refractivity contribution in [2.24, 2.45) is 0 Å². The van der Waals surface area contributed by atoms with Crippen molar-refractivity contribution >= 4 is 0 Å². The molecule has 2 heterocycles. The van der Waals surface area contributed by atoms with E-state index in [0.29, 0.717) is 37.6 Å². The van der Waals surface area contributed by atoms with E-state index in [1.54, 1.807) is 7.05 Å². The zero-order chi connectivity index (χ0) is 14.0. The summed E-state index contributed by atoms with van der Waals surface area (Å²) in [6.45, 7) is 2.48. The lowest BCUT2D eigenvalue weighted by atomic mass is 10.0. The molecule has 1 aliphatic heterocycles. The Balaban J connectivity index is 2.37. The molecule has 5 nitrogen and oxygen atoms in total. The maximum Gasteiger partial charge on any atom is 0.410 e. The summed E-state index contributed by atoms with van der Waals surface area (Å²) >= 11 is 0. The molecule has 8 heteroatoms. The number of nitrogens with one attached hydrogen (secondary N) is 1. The first-order valence-electron chi connectivity index (χ1n) is 6.18. The van der Waals surface area contributed by atoms with Gasteiger partial charge in [0.1, 0.15) is 11.7 Å². The summed E-state index contributed by atoms with van der Waals surface area (Å²) in [6.07, 6.45) is -3.63. The van der Waals surface area contributed by atoms with Crippen LogP contribution in [0.25, 0.3) is 0 Å². The van der Waals surface area contributed by atoms with Crippen LogP contribution < -0.4 is 5.32 Å². The Bertz CT molecular complexity index is 426. The molecule has 1 aromatic rings. The van der Waals surface area contributed by atoms with E-state index < -0.39 is 12.2 Å². The Morgan fingerprint density at radius 1 is 1.53 bits per heavy atom. The van der Waals surface area contributed by atoms with E-state index >= 15 is 0 Å². The maximum absolute atomic E-state index is 12.9. The minimum Gasteiger partial charge on any atom is -0.381 e. The second kappa shape index (κ2) is 5.46. The van der Waals surface area contributed by atoms with Crippen LogP contribution in [0, 0.1) is 0 Å². The minimum atomic E-state index is -4.33. The predicted molar refractivity (Wildman–Crippen MR) is 61.7 cm³/mol. The molecule has 1 saturated heterocycles. The van der Waals surface area contributed by atoms with Gasteiger partial charge in [-0.25, -0.2) is 4.68 Å². The lowest BCUT2D eigenvalue weighted by Crippen LogP contribution is -2.27. The highest BCUT2D eigenvalue weighted by atomic mass is 19.4. The third kappa shape index (κ3) is 2.89. The average molecular weight is 278 g/mol. The van der Waals surface area contributed by atoms with E-state index in [0.717, 1.165) is 11.6 Å². The van der Waals surface area contributed by atoms with Gasteiger partial charge in [-0.15, -0.1) is 5.10 Å². The fourth-order valence-electron chi connectivity index (χ4n) is 2.22. The van der Waals surface area contributed by atoms with E-state index in [1.807, 2.05) is 0 Å². The number of halogens is 3. The van der Waals surface area contributed by atoms with Crippen LogP contribution in [0.5, 0.6) is 0 Å². The van der Waals surface area contributed by atoms with Crippen molar-refractivity contribution in [1.29, 1.82) is 0 Å². The van der Waals surface area contributed by atoms with Gasteiger partial charge in [0.2, 0.25) is 0 Å². The van der Waals surface area contributed by atoms with Gasteiger partial charge in [0.25, 0.3) is 0 Å². The number of rotatable bonds is 4. The summed E-state index contributed by atoms with van der Waals surface area (Å²) in [5, 5.41) is 10.5. The molecule has 1 aromatic heterocycles. The fraction of sp³-hybridized carbons (Fsp3) is 0.818. The van der Waals surface area contributed by atoms with Crippen LogP contribution in [0.4, 0.5) is 13.2 Å². The number of hydrogen-bond acceptors (Lipinski definition) is 4. The predicted octanol–water partition coefficient (Wildman–Crippen LogP) is 1.62. The summed E-state index contributed by atoms with van der Waals surface area (Å²) in [5.41, 5.74) is 1.10. The number of nitrogens with zero attached hydrogens (tertiary/aromatic N) is 3. The summed E-state index contributed by atoms with van der Waals surface area (Å²) in [4.78, 5) is 0. The minimum absolute atomic E-state index is 0.0665. The Kier molecular flexibility index (Phi) is 4.10. The molecule has 108 valence electrons. The van der Waals surface area contributed by atoms with Crippen molar-refractivity contribution in [3.63, 3.8) is 0 Å². The van der Waals surface area contributed by atoms with Crippen LogP contribution in [-0.4, -0.2) is 41.4 Å². The SMILES string of the molecule is CNCc1nnn(C(C)C(F)(F)F)c1C1CCOC1. The van der Waals surface area contributed by atoms with Crippen LogP contribution in [0.3, 0.4) is 0 Å². The molecule has 2 atom stereocenters. The van der Waals surface area contributed by atoms with Crippen molar-refractivity contribution in [3.8, 4) is 0 Å². The molecule has 1 aliphatic rings. The van der Waals surface area contributed by atoms with Gasteiger partial charge in [-0.05, 0) is 20.4 Å². The highest BCUT2D eigenvalue weighted by Gasteiger charge is 2.41. The first kappa shape index (κ1) is 14.3. The van der Waals surface area contributed by atoms with Crippen LogP contribution in [0.15, 0.2) is 0 Å². The third-order valence-corrected chi connectivity index (χ3v) is 3.31. The zero-order valence-electron chi connectivity index (χ0n) is 10.9. The van der Waals surface area contributed by atoms with Crippen LogP contribution in [-0.2, 0) is 11.3 Å². The van der Waals surface area contributed by atoms with Gasteiger partial charge >= 0.3 is 6.18 Å². The van der Waals surface area contributed by atoms with E-state index in [1.165, 1.54) is 0 Å². The first-order chi connectivity index (χ1) is 8.95. The van der Waals surface area contributed by atoms with Gasteiger partial charge in [-0.2, -0.15) is 13.2 Å². The molecule has 1 N–H and O–H groups in total. The van der Waals surface area contributed by atoms with Crippen molar-refractivity contribution < 1.29 is 17.9 Å². The average Bonchev–Trinajstić information content (AvgIpc) is 2.95. The topological polar surface area (TPSA) is 52.0 Å². The molecule has 2 unspecified atom stereocenters. The van der Waals surface area contributed by atoms with Crippen LogP contribution in [0.1, 0.15) is 36.7 Å². The lowest BCUT2D eigenvalue weighted by molar-refractivity contribution is -0.166. The highest BCUT2D eigenvalue weighted by Crippen LogP contribution is 2.35. The fourth-order valence-corrected chi connectivity index (χ4v) is 2.22. The van der Waals surface area contributed by atoms with Gasteiger partial charge < -0.3 is 10.1 Å². The summed E-state index contributed by atoms with van der Waals surface area (Å²) < 4.78 is 44.8. The molecule has 0 bridgehead atoms. The van der Waals surface area contributed by atoms with Crippen molar-refractivity contribution in [3.05, 3.63) is 11.4 Å². The Hall–Kier alpha value is -1.15. The molecule has 1 fully saturated rings. The molecule has 0 saturated carbocycles. The van der Waals surface area contributed by atoms with E-state index in [-0.39, 0.29) is 5.92 Å². The number of ether oxygens (including phenoxy) is 1. The van der Waals surface area contributed by atoms with E-state index in [4.69, 9.17) is 4.74 Å². The van der Waals surface area contributed by atoms with Crippen molar-refractivity contribution in [1.82, 2.24) is 20.3 Å². The van der Waals surface area contributed by atoms with Gasteiger partial charge in [-0.3, -0.25) is 0 Å². The van der Waals surface area contributed by atoms with Gasteiger partial charge in [0.05, 0.1) is 12.3 Å². The van der Waals surface area contributed by atoms with Crippen molar-refractivity contribution in [2.75, 3.05) is 20.3 Å². The molecule has 0 amide bonds. The molecule has 0 spiro atoms. The first-order valence-corrected chi connectivity index (χ1v) is 6.18. The Morgan fingerprint density at radius 3 is 2.79 bits per heavy atom. The van der Waals surface area contributed by atoms with Crippen LogP contribution in [0.2, 0.25) is 0 Å². The number of hydrogen-bond donors (Lipinski definition) is 1. The summed E-state index contributed by atoms with van der Waals surface area (Å²) in [5.74, 6) is -0.0665. The smallest absolute Gasteiger partial charge is 0.381 e. The van der Waals surface area contributed by atoms with Crippen molar-refractivity contribution in [2.45, 2.75) is 38.0 Å². The molecule has 0 radical (unpaired) electrons. The quantitative estimate of drug-likeness (QED) is 0.909. The molecule has 0 aliphatic carbocycles. The molecule has 19 heavy (non-hydrogen) atoms. The highest BCUT2D eigenvalue weighted by molar-refractivity contribution is 5.18. The summed E-state index contributed by atoms with van der Waals surface area (Å²) in [6, 6.07) is -1.68. The second-order valence-corrected chi connectivity index (χ2v) is 4.67. The Labute approximate surface area is 109 Å². The van der Waals surface area contributed by atoms with E-state index in [2.05, 4.69) is 15.6 Å². The zero-order valence-corrected chi connectivity index (χ0v) is 10.9. The summed E-state index contributed by atoms with van der Waals surface area (Å²) in [7, 11) is 1.72. The normalized spacial score (nSPS) is 21.8. The standard InChI is InChI=1S/C11H17F3N4O/c1-7(11(12,13)14)18-10(8-3-4-19-6-8)9(5-15-2)16-17-18/h7-8,15H,3-6H2,1-2H3. The lowest BCUT2D eigenvalue weighted by Gasteiger charge is -2.20. The third-order valence-electron chi connectivity index (χ3n) is 3.31. The van der Waals surface area contributed by atoms with Gasteiger partial charge in [0.15, 0.2) is 0 Å². The van der Waals surface area contributed by atoms with Gasteiger partial charge in [0, 0.05) is 19.1 Å².